The molecule has 0 radical (unpaired) electrons. The van der Waals surface area contributed by atoms with Crippen molar-refractivity contribution in [3.05, 3.63) is 23.5 Å². The fraction of sp³-hybridized carbons (Fsp3) is 0.333. The van der Waals surface area contributed by atoms with Gasteiger partial charge in [-0.25, -0.2) is 4.39 Å². The Hall–Kier alpha value is -1.29. The summed E-state index contributed by atoms with van der Waals surface area (Å²) in [5.41, 5.74) is 12.0. The highest BCUT2D eigenvalue weighted by Gasteiger charge is 2.22. The molecule has 0 saturated carbocycles. The molecule has 1 aliphatic heterocycles. The third-order valence-corrected chi connectivity index (χ3v) is 2.17. The Kier molecular flexibility index (Phi) is 1.84. The second kappa shape index (κ2) is 2.88. The predicted octanol–water partition coefficient (Wildman–Crippen LogP) is 1.19. The van der Waals surface area contributed by atoms with Gasteiger partial charge in [0.15, 0.2) is 0 Å². The van der Waals surface area contributed by atoms with E-state index in [-0.39, 0.29) is 11.9 Å². The largest absolute Gasteiger partial charge is 0.493 e. The van der Waals surface area contributed by atoms with E-state index in [1.54, 1.807) is 6.07 Å². The molecule has 13 heavy (non-hydrogen) atoms. The molecular formula is C9H11FN2O. The first-order valence-electron chi connectivity index (χ1n) is 4.16. The Balaban J connectivity index is 2.56. The van der Waals surface area contributed by atoms with Crippen molar-refractivity contribution in [2.45, 2.75) is 12.5 Å². The van der Waals surface area contributed by atoms with Crippen molar-refractivity contribution < 1.29 is 9.13 Å². The number of halogens is 1. The molecule has 1 atom stereocenters. The first-order chi connectivity index (χ1) is 6.18. The van der Waals surface area contributed by atoms with Crippen LogP contribution < -0.4 is 16.2 Å². The van der Waals surface area contributed by atoms with Gasteiger partial charge >= 0.3 is 0 Å². The van der Waals surface area contributed by atoms with Crippen molar-refractivity contribution in [3.63, 3.8) is 0 Å². The molecule has 3 nitrogen and oxygen atoms in total. The Morgan fingerprint density at radius 2 is 2.23 bits per heavy atom. The summed E-state index contributed by atoms with van der Waals surface area (Å²) >= 11 is 0. The van der Waals surface area contributed by atoms with Gasteiger partial charge in [-0.1, -0.05) is 0 Å². The van der Waals surface area contributed by atoms with Crippen molar-refractivity contribution >= 4 is 5.69 Å². The summed E-state index contributed by atoms with van der Waals surface area (Å²) in [6, 6.07) is 2.61. The molecule has 1 aromatic carbocycles. The molecule has 0 amide bonds. The number of hydrogen-bond donors (Lipinski definition) is 2. The number of anilines is 1. The van der Waals surface area contributed by atoms with Gasteiger partial charge in [0.2, 0.25) is 0 Å². The fourth-order valence-electron chi connectivity index (χ4n) is 1.53. The van der Waals surface area contributed by atoms with Gasteiger partial charge in [-0.05, 0) is 6.07 Å². The highest BCUT2D eigenvalue weighted by molar-refractivity contribution is 5.51. The average Bonchev–Trinajstić information content (AvgIpc) is 2.02. The Labute approximate surface area is 75.5 Å². The van der Waals surface area contributed by atoms with E-state index in [9.17, 15) is 4.39 Å². The van der Waals surface area contributed by atoms with E-state index < -0.39 is 0 Å². The quantitative estimate of drug-likeness (QED) is 0.592. The van der Waals surface area contributed by atoms with Crippen molar-refractivity contribution in [1.82, 2.24) is 0 Å². The molecule has 1 unspecified atom stereocenters. The normalized spacial score (nSPS) is 20.6. The molecule has 0 aromatic heterocycles. The van der Waals surface area contributed by atoms with Gasteiger partial charge in [-0.3, -0.25) is 0 Å². The zero-order valence-corrected chi connectivity index (χ0v) is 7.09. The zero-order valence-electron chi connectivity index (χ0n) is 7.09. The van der Waals surface area contributed by atoms with E-state index in [4.69, 9.17) is 16.2 Å². The van der Waals surface area contributed by atoms with Crippen LogP contribution in [0.3, 0.4) is 0 Å². The van der Waals surface area contributed by atoms with Crippen molar-refractivity contribution in [1.29, 1.82) is 0 Å². The molecule has 0 fully saturated rings. The lowest BCUT2D eigenvalue weighted by molar-refractivity contribution is 0.264. The first-order valence-corrected chi connectivity index (χ1v) is 4.16. The first kappa shape index (κ1) is 8.31. The lowest BCUT2D eigenvalue weighted by Gasteiger charge is -2.23. The summed E-state index contributed by atoms with van der Waals surface area (Å²) < 4.78 is 18.6. The van der Waals surface area contributed by atoms with Crippen LogP contribution in [0.5, 0.6) is 5.75 Å². The summed E-state index contributed by atoms with van der Waals surface area (Å²) in [6.07, 6.45) is 0.647. The lowest BCUT2D eigenvalue weighted by atomic mass is 10.0. The molecule has 1 heterocycles. The Morgan fingerprint density at radius 1 is 1.46 bits per heavy atom. The number of fused-ring (bicyclic) bond motifs is 1. The van der Waals surface area contributed by atoms with Crippen LogP contribution in [0.4, 0.5) is 10.1 Å². The smallest absolute Gasteiger partial charge is 0.133 e. The molecule has 1 aromatic rings. The van der Waals surface area contributed by atoms with Crippen LogP contribution in [0.2, 0.25) is 0 Å². The standard InChI is InChI=1S/C9H11FN2O/c10-6-3-5(11)4-8-9(6)7(12)1-2-13-8/h3-4,7H,1-2,11-12H2. The number of rotatable bonds is 0. The maximum atomic E-state index is 13.3. The highest BCUT2D eigenvalue weighted by atomic mass is 19.1. The van der Waals surface area contributed by atoms with Gasteiger partial charge in [0.1, 0.15) is 11.6 Å². The zero-order chi connectivity index (χ0) is 9.42. The SMILES string of the molecule is Nc1cc(F)c2c(c1)OCCC2N. The van der Waals surface area contributed by atoms with Gasteiger partial charge in [-0.2, -0.15) is 0 Å². The van der Waals surface area contributed by atoms with Crippen LogP contribution in [0, 0.1) is 5.82 Å². The van der Waals surface area contributed by atoms with Gasteiger partial charge < -0.3 is 16.2 Å². The predicted molar refractivity (Wildman–Crippen MR) is 47.9 cm³/mol. The van der Waals surface area contributed by atoms with E-state index in [1.165, 1.54) is 6.07 Å². The molecule has 4 heteroatoms. The number of hydrogen-bond acceptors (Lipinski definition) is 3. The van der Waals surface area contributed by atoms with Crippen LogP contribution >= 0.6 is 0 Å². The summed E-state index contributed by atoms with van der Waals surface area (Å²) in [7, 11) is 0. The number of nitrogens with two attached hydrogens (primary N) is 2. The molecular weight excluding hydrogens is 171 g/mol. The maximum absolute atomic E-state index is 13.3. The third kappa shape index (κ3) is 1.33. The molecule has 0 spiro atoms. The number of nitrogen functional groups attached to an aromatic ring is 1. The van der Waals surface area contributed by atoms with Crippen LogP contribution in [0.25, 0.3) is 0 Å². The molecule has 4 N–H and O–H groups in total. The minimum Gasteiger partial charge on any atom is -0.493 e. The maximum Gasteiger partial charge on any atom is 0.133 e. The second-order valence-electron chi connectivity index (χ2n) is 3.16. The topological polar surface area (TPSA) is 61.3 Å². The molecule has 0 saturated heterocycles. The molecule has 0 bridgehead atoms. The fourth-order valence-corrected chi connectivity index (χ4v) is 1.53. The monoisotopic (exact) mass is 182 g/mol. The van der Waals surface area contributed by atoms with Gasteiger partial charge in [0, 0.05) is 29.8 Å². The number of ether oxygens (including phenoxy) is 1. The Morgan fingerprint density at radius 3 is 3.00 bits per heavy atom. The van der Waals surface area contributed by atoms with Crippen LogP contribution in [0.1, 0.15) is 18.0 Å². The van der Waals surface area contributed by atoms with E-state index >= 15 is 0 Å². The van der Waals surface area contributed by atoms with Crippen molar-refractivity contribution in [2.24, 2.45) is 5.73 Å². The van der Waals surface area contributed by atoms with Crippen molar-refractivity contribution in [2.75, 3.05) is 12.3 Å². The molecule has 2 rings (SSSR count). The lowest BCUT2D eigenvalue weighted by Crippen LogP contribution is -2.22. The van der Waals surface area contributed by atoms with Crippen LogP contribution in [-0.4, -0.2) is 6.61 Å². The van der Waals surface area contributed by atoms with Gasteiger partial charge in [0.05, 0.1) is 6.61 Å². The second-order valence-corrected chi connectivity index (χ2v) is 3.16. The van der Waals surface area contributed by atoms with E-state index in [0.29, 0.717) is 30.0 Å². The van der Waals surface area contributed by atoms with E-state index in [0.717, 1.165) is 0 Å². The summed E-state index contributed by atoms with van der Waals surface area (Å²) in [5, 5.41) is 0. The number of benzene rings is 1. The summed E-state index contributed by atoms with van der Waals surface area (Å²) in [5.74, 6) is 0.110. The third-order valence-electron chi connectivity index (χ3n) is 2.17. The molecule has 70 valence electrons. The summed E-state index contributed by atoms with van der Waals surface area (Å²) in [6.45, 7) is 0.525. The van der Waals surface area contributed by atoms with Crippen LogP contribution in [0.15, 0.2) is 12.1 Å². The molecule has 1 aliphatic rings. The minimum absolute atomic E-state index is 0.274. The minimum atomic E-state index is -0.373. The van der Waals surface area contributed by atoms with Gasteiger partial charge in [0.25, 0.3) is 0 Å². The van der Waals surface area contributed by atoms with Gasteiger partial charge in [-0.15, -0.1) is 0 Å². The Bertz CT molecular complexity index is 341. The average molecular weight is 182 g/mol. The molecule has 0 aliphatic carbocycles. The van der Waals surface area contributed by atoms with Crippen molar-refractivity contribution in [3.8, 4) is 5.75 Å². The van der Waals surface area contributed by atoms with Crippen LogP contribution in [-0.2, 0) is 0 Å². The van der Waals surface area contributed by atoms with E-state index in [1.807, 2.05) is 0 Å². The highest BCUT2D eigenvalue weighted by Crippen LogP contribution is 2.34. The van der Waals surface area contributed by atoms with E-state index in [2.05, 4.69) is 0 Å². The summed E-state index contributed by atoms with van der Waals surface area (Å²) in [4.78, 5) is 0.